The number of halogens is 3. The molecule has 1 aliphatic rings. The van der Waals surface area contributed by atoms with E-state index >= 15 is 0 Å². The number of aliphatic imine (C=N–C) groups is 1. The van der Waals surface area contributed by atoms with Gasteiger partial charge in [-0.05, 0) is 60.2 Å². The first-order valence-corrected chi connectivity index (χ1v) is 16.4. The Kier molecular flexibility index (Phi) is 11.7. The van der Waals surface area contributed by atoms with E-state index in [1.54, 1.807) is 50.6 Å². The number of para-hydroxylation sites is 1. The van der Waals surface area contributed by atoms with Gasteiger partial charge in [0.05, 0.1) is 20.8 Å². The number of rotatable bonds is 14. The molecule has 0 spiro atoms. The predicted molar refractivity (Wildman–Crippen MR) is 186 cm³/mol. The summed E-state index contributed by atoms with van der Waals surface area (Å²) in [5, 5.41) is 9.87. The van der Waals surface area contributed by atoms with E-state index < -0.39 is 17.6 Å². The van der Waals surface area contributed by atoms with Crippen molar-refractivity contribution in [3.63, 3.8) is 0 Å². The Balaban J connectivity index is 1.53. The lowest BCUT2D eigenvalue weighted by atomic mass is 9.82. The number of carbonyl (C=O) groups excluding carboxylic acids is 1. The van der Waals surface area contributed by atoms with E-state index in [4.69, 9.17) is 52.2 Å². The number of hydrogen-bond donors (Lipinski definition) is 3. The summed E-state index contributed by atoms with van der Waals surface area (Å²) < 4.78 is 24.2. The van der Waals surface area contributed by atoms with E-state index in [9.17, 15) is 4.79 Å². The third-order valence-corrected chi connectivity index (χ3v) is 8.72. The summed E-state index contributed by atoms with van der Waals surface area (Å²) >= 11 is 16.5. The smallest absolute Gasteiger partial charge is 0.266 e. The molecule has 47 heavy (non-hydrogen) atoms. The Hall–Kier alpha value is -3.80. The van der Waals surface area contributed by atoms with Gasteiger partial charge in [0.25, 0.3) is 5.91 Å². The zero-order valence-electron chi connectivity index (χ0n) is 25.8. The molecule has 4 aromatic carbocycles. The quantitative estimate of drug-likeness (QED) is 0.0958. The van der Waals surface area contributed by atoms with E-state index in [1.807, 2.05) is 48.5 Å². The number of ether oxygens (including phenoxy) is 4. The fraction of sp³-hybridized carbons (Fsp3) is 0.257. The molecule has 0 saturated carbocycles. The average molecular weight is 743 g/mol. The van der Waals surface area contributed by atoms with Gasteiger partial charge in [0.1, 0.15) is 5.75 Å². The van der Waals surface area contributed by atoms with E-state index in [0.29, 0.717) is 51.4 Å². The topological polar surface area (TPSA) is 111 Å². The second-order valence-electron chi connectivity index (χ2n) is 10.7. The molecule has 9 nitrogen and oxygen atoms in total. The van der Waals surface area contributed by atoms with Gasteiger partial charge >= 0.3 is 0 Å². The van der Waals surface area contributed by atoms with Crippen LogP contribution in [0.15, 0.2) is 94.4 Å². The first-order valence-electron chi connectivity index (χ1n) is 14.8. The molecule has 0 bridgehead atoms. The van der Waals surface area contributed by atoms with Gasteiger partial charge in [0, 0.05) is 57.2 Å². The second kappa shape index (κ2) is 15.9. The lowest BCUT2D eigenvalue weighted by Gasteiger charge is -2.31. The minimum absolute atomic E-state index is 0.0435. The highest BCUT2D eigenvalue weighted by molar-refractivity contribution is 9.10. The minimum Gasteiger partial charge on any atom is -0.494 e. The van der Waals surface area contributed by atoms with Crippen LogP contribution in [0, 0.1) is 0 Å². The van der Waals surface area contributed by atoms with Crippen molar-refractivity contribution in [2.24, 2.45) is 4.99 Å². The molecular formula is C35H34BrCl2N3O6. The summed E-state index contributed by atoms with van der Waals surface area (Å²) in [5.41, 5.74) is 7.27. The fourth-order valence-corrected chi connectivity index (χ4v) is 6.08. The highest BCUT2D eigenvalue weighted by atomic mass is 79.9. The summed E-state index contributed by atoms with van der Waals surface area (Å²) in [6.07, 6.45) is -0.210. The van der Waals surface area contributed by atoms with Crippen LogP contribution in [0.1, 0.15) is 34.8 Å². The number of methoxy groups -OCH3 is 2. The number of amides is 1. The highest BCUT2D eigenvalue weighted by Gasteiger charge is 2.54. The molecule has 4 aromatic rings. The van der Waals surface area contributed by atoms with Gasteiger partial charge in [0.2, 0.25) is 5.90 Å². The Labute approximate surface area is 291 Å². The molecule has 0 unspecified atom stereocenters. The first-order chi connectivity index (χ1) is 22.8. The lowest BCUT2D eigenvalue weighted by molar-refractivity contribution is -0.130. The molecule has 1 amide bonds. The molecule has 1 aliphatic heterocycles. The molecule has 0 radical (unpaired) electrons. The van der Waals surface area contributed by atoms with Crippen molar-refractivity contribution in [3.8, 4) is 17.2 Å². The molecule has 246 valence electrons. The zero-order valence-corrected chi connectivity index (χ0v) is 28.9. The van der Waals surface area contributed by atoms with E-state index in [0.717, 1.165) is 15.6 Å². The van der Waals surface area contributed by atoms with Crippen molar-refractivity contribution in [1.29, 1.82) is 0 Å². The van der Waals surface area contributed by atoms with Crippen LogP contribution < -0.4 is 25.1 Å². The molecule has 0 aromatic heterocycles. The van der Waals surface area contributed by atoms with Gasteiger partial charge < -0.3 is 24.1 Å². The lowest BCUT2D eigenvalue weighted by Crippen LogP contribution is -2.53. The van der Waals surface area contributed by atoms with Gasteiger partial charge in [-0.3, -0.25) is 10.2 Å². The van der Waals surface area contributed by atoms with Gasteiger partial charge in [-0.25, -0.2) is 10.4 Å². The molecule has 3 N–H and O–H groups in total. The Bertz CT molecular complexity index is 1720. The number of aliphatic hydroxyl groups is 1. The van der Waals surface area contributed by atoms with Gasteiger partial charge in [-0.1, -0.05) is 69.5 Å². The average Bonchev–Trinajstić information content (AvgIpc) is 3.46. The first kappa shape index (κ1) is 34.5. The van der Waals surface area contributed by atoms with Crippen LogP contribution in [0.2, 0.25) is 10.0 Å². The van der Waals surface area contributed by atoms with Gasteiger partial charge in [-0.15, -0.1) is 0 Å². The van der Waals surface area contributed by atoms with Crippen LogP contribution in [0.5, 0.6) is 17.2 Å². The number of hydrazine groups is 1. The van der Waals surface area contributed by atoms with Crippen molar-refractivity contribution in [2.75, 3.05) is 27.4 Å². The summed E-state index contributed by atoms with van der Waals surface area (Å²) in [6.45, 7) is 0.666. The van der Waals surface area contributed by atoms with Crippen molar-refractivity contribution in [2.45, 2.75) is 31.0 Å². The summed E-state index contributed by atoms with van der Waals surface area (Å²) in [5.74, 6) is 1.60. The number of hydrogen-bond acceptors (Lipinski definition) is 8. The standard InChI is InChI=1S/C35H34BrCl2N3O6/c1-44-30-6-3-5-24(31(30)45-2)21-39-41-34(43)35(20-22-7-11-25(36)12-8-22)32(28-16-13-26(37)19-29(28)38)47-33(40-35)23-9-14-27(15-10-23)46-18-4-17-42/h3,5-16,19,32,39,42H,4,17-18,20-21H2,1-2H3,(H,41,43)/t32-,35-/m0/s1. The molecule has 0 fully saturated rings. The number of aliphatic hydroxyl groups excluding tert-OH is 1. The number of carbonyl (C=O) groups is 1. The maximum absolute atomic E-state index is 14.5. The number of nitrogens with zero attached hydrogens (tertiary/aromatic N) is 1. The van der Waals surface area contributed by atoms with Gasteiger partial charge in [0.15, 0.2) is 23.1 Å². The Morgan fingerprint density at radius 2 is 1.79 bits per heavy atom. The van der Waals surface area contributed by atoms with E-state index in [2.05, 4.69) is 26.8 Å². The predicted octanol–water partition coefficient (Wildman–Crippen LogP) is 6.85. The van der Waals surface area contributed by atoms with Crippen LogP contribution in [0.25, 0.3) is 0 Å². The summed E-state index contributed by atoms with van der Waals surface area (Å²) in [4.78, 5) is 19.6. The van der Waals surface area contributed by atoms with Crippen LogP contribution in [-0.4, -0.2) is 49.9 Å². The van der Waals surface area contributed by atoms with Crippen LogP contribution in [0.4, 0.5) is 0 Å². The third-order valence-electron chi connectivity index (χ3n) is 7.63. The van der Waals surface area contributed by atoms with E-state index in [-0.39, 0.29) is 25.5 Å². The highest BCUT2D eigenvalue weighted by Crippen LogP contribution is 2.45. The van der Waals surface area contributed by atoms with Crippen molar-refractivity contribution < 1.29 is 28.8 Å². The van der Waals surface area contributed by atoms with Gasteiger partial charge in [-0.2, -0.15) is 0 Å². The second-order valence-corrected chi connectivity index (χ2v) is 12.5. The largest absolute Gasteiger partial charge is 0.494 e. The van der Waals surface area contributed by atoms with Crippen molar-refractivity contribution in [1.82, 2.24) is 10.9 Å². The van der Waals surface area contributed by atoms with Crippen LogP contribution in [0.3, 0.4) is 0 Å². The van der Waals surface area contributed by atoms with Crippen LogP contribution >= 0.6 is 39.1 Å². The molecular weight excluding hydrogens is 709 g/mol. The van der Waals surface area contributed by atoms with Crippen molar-refractivity contribution in [3.05, 3.63) is 122 Å². The molecule has 0 saturated heterocycles. The number of benzene rings is 4. The molecule has 1 heterocycles. The third kappa shape index (κ3) is 8.02. The Morgan fingerprint density at radius 3 is 2.47 bits per heavy atom. The zero-order chi connectivity index (χ0) is 33.4. The summed E-state index contributed by atoms with van der Waals surface area (Å²) in [6, 6.07) is 25.5. The monoisotopic (exact) mass is 741 g/mol. The fourth-order valence-electron chi connectivity index (χ4n) is 5.31. The maximum atomic E-state index is 14.5. The molecule has 2 atom stereocenters. The minimum atomic E-state index is -1.50. The van der Waals surface area contributed by atoms with Crippen molar-refractivity contribution >= 4 is 50.9 Å². The number of nitrogens with one attached hydrogen (secondary N) is 2. The molecule has 0 aliphatic carbocycles. The Morgan fingerprint density at radius 1 is 1.02 bits per heavy atom. The van der Waals surface area contributed by atoms with Crippen LogP contribution in [-0.2, 0) is 22.5 Å². The summed E-state index contributed by atoms with van der Waals surface area (Å²) in [7, 11) is 3.13. The van der Waals surface area contributed by atoms with E-state index in [1.165, 1.54) is 0 Å². The molecule has 12 heteroatoms. The normalized spacial score (nSPS) is 17.1. The SMILES string of the molecule is COc1cccc(CNNC(=O)[C@@]2(Cc3ccc(Br)cc3)N=C(c3ccc(OCCCO)cc3)O[C@H]2c2ccc(Cl)cc2Cl)c1OC. The maximum Gasteiger partial charge on any atom is 0.266 e. The molecule has 5 rings (SSSR count).